The van der Waals surface area contributed by atoms with Gasteiger partial charge in [0.15, 0.2) is 5.82 Å². The molecule has 0 saturated carbocycles. The molecule has 0 saturated heterocycles. The maximum absolute atomic E-state index is 13.1. The van der Waals surface area contributed by atoms with E-state index < -0.39 is 0 Å². The largest absolute Gasteiger partial charge is 0.439 e. The Hall–Kier alpha value is -2.86. The zero-order valence-corrected chi connectivity index (χ0v) is 12.9. The smallest absolute Gasteiger partial charge is 0.227 e. The van der Waals surface area contributed by atoms with E-state index in [0.717, 1.165) is 29.8 Å². The summed E-state index contributed by atoms with van der Waals surface area (Å²) in [5, 5.41) is 3.31. The summed E-state index contributed by atoms with van der Waals surface area (Å²) in [5.74, 6) is 1.36. The molecule has 0 bridgehead atoms. The lowest BCUT2D eigenvalue weighted by Gasteiger charge is -2.20. The molecule has 4 rings (SSSR count). The average Bonchev–Trinajstić information content (AvgIpc) is 2.64. The topological polar surface area (TPSA) is 59.9 Å². The summed E-state index contributed by atoms with van der Waals surface area (Å²) in [4.78, 5) is 13.3. The summed E-state index contributed by atoms with van der Waals surface area (Å²) in [6, 6.07) is 9.64. The maximum Gasteiger partial charge on any atom is 0.227 e. The number of hydrogen-bond acceptors (Lipinski definition) is 5. The van der Waals surface area contributed by atoms with Gasteiger partial charge >= 0.3 is 0 Å². The van der Waals surface area contributed by atoms with Crippen LogP contribution in [-0.2, 0) is 13.0 Å². The van der Waals surface area contributed by atoms with Gasteiger partial charge < -0.3 is 10.1 Å². The Bertz CT molecular complexity index is 853. The van der Waals surface area contributed by atoms with Gasteiger partial charge in [-0.2, -0.15) is 4.98 Å². The first kappa shape index (κ1) is 14.7. The van der Waals surface area contributed by atoms with Crippen molar-refractivity contribution in [2.24, 2.45) is 0 Å². The number of benzene rings is 1. The molecule has 1 N–H and O–H groups in total. The molecular weight excluding hydrogens is 307 g/mol. The minimum Gasteiger partial charge on any atom is -0.439 e. The van der Waals surface area contributed by atoms with Crippen molar-refractivity contribution in [2.75, 3.05) is 6.54 Å². The molecule has 0 unspecified atom stereocenters. The van der Waals surface area contributed by atoms with E-state index in [1.54, 1.807) is 24.5 Å². The van der Waals surface area contributed by atoms with Gasteiger partial charge in [0, 0.05) is 37.5 Å². The number of nitrogens with zero attached hydrogens (tertiary/aromatic N) is 3. The highest BCUT2D eigenvalue weighted by molar-refractivity contribution is 5.56. The lowest BCUT2D eigenvalue weighted by molar-refractivity contribution is 0.444. The molecule has 1 aliphatic rings. The molecule has 0 spiro atoms. The Morgan fingerprint density at radius 2 is 1.79 bits per heavy atom. The number of ether oxygens (including phenoxy) is 1. The van der Waals surface area contributed by atoms with Crippen LogP contribution in [0.5, 0.6) is 11.6 Å². The molecule has 120 valence electrons. The van der Waals surface area contributed by atoms with Crippen molar-refractivity contribution >= 4 is 0 Å². The molecule has 0 fully saturated rings. The van der Waals surface area contributed by atoms with Gasteiger partial charge in [-0.15, -0.1) is 0 Å². The summed E-state index contributed by atoms with van der Waals surface area (Å²) in [5.41, 5.74) is 2.81. The van der Waals surface area contributed by atoms with Gasteiger partial charge in [-0.1, -0.05) is 0 Å². The Balaban J connectivity index is 1.77. The first-order valence-corrected chi connectivity index (χ1v) is 7.74. The quantitative estimate of drug-likeness (QED) is 0.803. The SMILES string of the molecule is Fc1ccc(Oc2nc(-c3ccncc3)nc3c2CNCC3)cc1. The van der Waals surface area contributed by atoms with Crippen LogP contribution in [0, 0.1) is 5.82 Å². The fraction of sp³-hybridized carbons (Fsp3) is 0.167. The normalized spacial score (nSPS) is 13.4. The second-order valence-corrected chi connectivity index (χ2v) is 5.50. The number of nitrogens with one attached hydrogen (secondary N) is 1. The van der Waals surface area contributed by atoms with Crippen molar-refractivity contribution in [2.45, 2.75) is 13.0 Å². The number of pyridine rings is 1. The molecular formula is C18H15FN4O. The van der Waals surface area contributed by atoms with Gasteiger partial charge in [0.1, 0.15) is 11.6 Å². The average molecular weight is 322 g/mol. The second-order valence-electron chi connectivity index (χ2n) is 5.50. The number of aromatic nitrogens is 3. The zero-order valence-electron chi connectivity index (χ0n) is 12.9. The van der Waals surface area contributed by atoms with Crippen LogP contribution in [0.2, 0.25) is 0 Å². The van der Waals surface area contributed by atoms with Crippen LogP contribution in [0.1, 0.15) is 11.3 Å². The third kappa shape index (κ3) is 2.96. The van der Waals surface area contributed by atoms with Crippen molar-refractivity contribution in [3.8, 4) is 23.0 Å². The van der Waals surface area contributed by atoms with Crippen LogP contribution >= 0.6 is 0 Å². The number of fused-ring (bicyclic) bond motifs is 1. The van der Waals surface area contributed by atoms with Crippen molar-refractivity contribution in [3.63, 3.8) is 0 Å². The van der Waals surface area contributed by atoms with E-state index in [9.17, 15) is 4.39 Å². The molecule has 5 nitrogen and oxygen atoms in total. The molecule has 1 aromatic carbocycles. The lowest BCUT2D eigenvalue weighted by Crippen LogP contribution is -2.25. The van der Waals surface area contributed by atoms with Crippen LogP contribution in [0.25, 0.3) is 11.4 Å². The standard InChI is InChI=1S/C18H15FN4O/c19-13-1-3-14(4-2-13)24-18-15-11-21-10-7-16(15)22-17(23-18)12-5-8-20-9-6-12/h1-6,8-9,21H,7,10-11H2. The Morgan fingerprint density at radius 3 is 2.58 bits per heavy atom. The van der Waals surface area contributed by atoms with Crippen molar-refractivity contribution in [3.05, 3.63) is 65.9 Å². The molecule has 1 aliphatic heterocycles. The van der Waals surface area contributed by atoms with Crippen LogP contribution < -0.4 is 10.1 Å². The van der Waals surface area contributed by atoms with Gasteiger partial charge in [0.2, 0.25) is 5.88 Å². The fourth-order valence-corrected chi connectivity index (χ4v) is 2.64. The van der Waals surface area contributed by atoms with Crippen molar-refractivity contribution in [1.82, 2.24) is 20.3 Å². The maximum atomic E-state index is 13.1. The van der Waals surface area contributed by atoms with Gasteiger partial charge in [-0.3, -0.25) is 4.98 Å². The van der Waals surface area contributed by atoms with Crippen LogP contribution in [0.4, 0.5) is 4.39 Å². The molecule has 0 amide bonds. The number of halogens is 1. The van der Waals surface area contributed by atoms with E-state index in [-0.39, 0.29) is 5.82 Å². The van der Waals surface area contributed by atoms with Gasteiger partial charge in [0.05, 0.1) is 11.3 Å². The highest BCUT2D eigenvalue weighted by Gasteiger charge is 2.19. The summed E-state index contributed by atoms with van der Waals surface area (Å²) < 4.78 is 19.0. The van der Waals surface area contributed by atoms with Crippen molar-refractivity contribution < 1.29 is 9.13 Å². The molecule has 3 heterocycles. The van der Waals surface area contributed by atoms with Crippen molar-refractivity contribution in [1.29, 1.82) is 0 Å². The fourth-order valence-electron chi connectivity index (χ4n) is 2.64. The van der Waals surface area contributed by atoms with Gasteiger partial charge in [0.25, 0.3) is 0 Å². The molecule has 6 heteroatoms. The number of rotatable bonds is 3. The predicted octanol–water partition coefficient (Wildman–Crippen LogP) is 3.12. The van der Waals surface area contributed by atoms with E-state index in [1.165, 1.54) is 12.1 Å². The molecule has 24 heavy (non-hydrogen) atoms. The first-order chi connectivity index (χ1) is 11.8. The molecule has 3 aromatic rings. The Labute approximate surface area is 138 Å². The molecule has 2 aromatic heterocycles. The predicted molar refractivity (Wildman–Crippen MR) is 87.1 cm³/mol. The number of hydrogen-bond donors (Lipinski definition) is 1. The minimum absolute atomic E-state index is 0.300. The summed E-state index contributed by atoms with van der Waals surface area (Å²) in [6.45, 7) is 1.53. The van der Waals surface area contributed by atoms with Crippen LogP contribution in [-0.4, -0.2) is 21.5 Å². The lowest BCUT2D eigenvalue weighted by atomic mass is 10.1. The Morgan fingerprint density at radius 1 is 1.00 bits per heavy atom. The third-order valence-corrected chi connectivity index (χ3v) is 3.86. The van der Waals surface area contributed by atoms with E-state index >= 15 is 0 Å². The van der Waals surface area contributed by atoms with E-state index in [4.69, 9.17) is 4.74 Å². The monoisotopic (exact) mass is 322 g/mol. The third-order valence-electron chi connectivity index (χ3n) is 3.86. The molecule has 0 atom stereocenters. The molecule has 0 aliphatic carbocycles. The van der Waals surface area contributed by atoms with Crippen LogP contribution in [0.3, 0.4) is 0 Å². The van der Waals surface area contributed by atoms with E-state index in [2.05, 4.69) is 20.3 Å². The van der Waals surface area contributed by atoms with E-state index in [1.807, 2.05) is 12.1 Å². The second kappa shape index (κ2) is 6.33. The van der Waals surface area contributed by atoms with Gasteiger partial charge in [-0.05, 0) is 36.4 Å². The van der Waals surface area contributed by atoms with Gasteiger partial charge in [-0.25, -0.2) is 9.37 Å². The molecule has 0 radical (unpaired) electrons. The summed E-state index contributed by atoms with van der Waals surface area (Å²) in [6.07, 6.45) is 4.23. The van der Waals surface area contributed by atoms with Crippen LogP contribution in [0.15, 0.2) is 48.8 Å². The summed E-state index contributed by atoms with van der Waals surface area (Å²) in [7, 11) is 0. The Kier molecular flexibility index (Phi) is 3.88. The zero-order chi connectivity index (χ0) is 16.4. The minimum atomic E-state index is -0.300. The summed E-state index contributed by atoms with van der Waals surface area (Å²) >= 11 is 0. The van der Waals surface area contributed by atoms with E-state index in [0.29, 0.717) is 24.0 Å². The highest BCUT2D eigenvalue weighted by atomic mass is 19.1. The first-order valence-electron chi connectivity index (χ1n) is 7.74. The highest BCUT2D eigenvalue weighted by Crippen LogP contribution is 2.29.